The minimum absolute atomic E-state index is 0. The molecule has 3 heteroatoms. The third-order valence-corrected chi connectivity index (χ3v) is 3.25. The molecule has 0 spiro atoms. The fraction of sp³-hybridized carbons (Fsp3) is 0.357. The van der Waals surface area contributed by atoms with Gasteiger partial charge < -0.3 is 4.57 Å². The average Bonchev–Trinajstić information content (AvgIpc) is 2.33. The van der Waals surface area contributed by atoms with Gasteiger partial charge in [-0.05, 0) is 31.9 Å². The maximum atomic E-state index is 8.19. The fourth-order valence-electron chi connectivity index (χ4n) is 2.43. The van der Waals surface area contributed by atoms with E-state index in [2.05, 4.69) is 31.4 Å². The number of aryl methyl sites for hydroxylation is 1. The Morgan fingerprint density at radius 2 is 1.82 bits per heavy atom. The fourth-order valence-corrected chi connectivity index (χ4v) is 2.43. The summed E-state index contributed by atoms with van der Waals surface area (Å²) in [6.07, 6.45) is 0.983. The highest BCUT2D eigenvalue weighted by Gasteiger charge is 2.08. The lowest BCUT2D eigenvalue weighted by atomic mass is 10.1. The normalized spacial score (nSPS) is 10.3. The van der Waals surface area contributed by atoms with Crippen LogP contribution in [0.5, 0.6) is 0 Å². The molecule has 2 rings (SSSR count). The van der Waals surface area contributed by atoms with Crippen molar-refractivity contribution in [1.29, 1.82) is 5.41 Å². The minimum atomic E-state index is 0. The first-order chi connectivity index (χ1) is 7.70. The smallest absolute Gasteiger partial charge is 0.0679 e. The first-order valence-corrected chi connectivity index (χ1v) is 5.86. The number of para-hydroxylation sites is 1. The molecule has 17 heavy (non-hydrogen) atoms. The molecule has 92 valence electrons. The molecule has 1 aromatic heterocycles. The third kappa shape index (κ3) is 2.16. The lowest BCUT2D eigenvalue weighted by molar-refractivity contribution is 0.725. The molecule has 0 bridgehead atoms. The van der Waals surface area contributed by atoms with E-state index in [4.69, 9.17) is 5.41 Å². The lowest BCUT2D eigenvalue weighted by Crippen LogP contribution is -2.17. The van der Waals surface area contributed by atoms with Crippen LogP contribution in [-0.4, -0.2) is 4.57 Å². The molecule has 0 saturated carbocycles. The SMILES string of the molecule is Br.CCc1c(C)c(=N)c2ccccc2n1CC. The van der Waals surface area contributed by atoms with Crippen LogP contribution in [0.15, 0.2) is 24.3 Å². The Hall–Kier alpha value is -1.09. The Morgan fingerprint density at radius 3 is 2.41 bits per heavy atom. The minimum Gasteiger partial charge on any atom is -0.345 e. The number of pyridine rings is 1. The molecular formula is C14H19BrN2. The number of hydrogen-bond donors (Lipinski definition) is 1. The summed E-state index contributed by atoms with van der Waals surface area (Å²) < 4.78 is 2.32. The summed E-state index contributed by atoms with van der Waals surface area (Å²) in [5, 5.41) is 9.92. The zero-order valence-corrected chi connectivity index (χ0v) is 12.3. The largest absolute Gasteiger partial charge is 0.345 e. The van der Waals surface area contributed by atoms with E-state index < -0.39 is 0 Å². The highest BCUT2D eigenvalue weighted by molar-refractivity contribution is 8.93. The van der Waals surface area contributed by atoms with Crippen molar-refractivity contribution >= 4 is 27.9 Å². The molecule has 2 nitrogen and oxygen atoms in total. The van der Waals surface area contributed by atoms with Crippen LogP contribution in [0.25, 0.3) is 10.9 Å². The zero-order chi connectivity index (χ0) is 11.7. The highest BCUT2D eigenvalue weighted by atomic mass is 79.9. The summed E-state index contributed by atoms with van der Waals surface area (Å²) in [7, 11) is 0. The van der Waals surface area contributed by atoms with E-state index in [-0.39, 0.29) is 17.0 Å². The van der Waals surface area contributed by atoms with E-state index in [0.29, 0.717) is 5.36 Å². The van der Waals surface area contributed by atoms with Crippen LogP contribution in [0.2, 0.25) is 0 Å². The maximum Gasteiger partial charge on any atom is 0.0679 e. The number of nitrogens with one attached hydrogen (secondary N) is 1. The number of fused-ring (bicyclic) bond motifs is 1. The predicted molar refractivity (Wildman–Crippen MR) is 77.9 cm³/mol. The Labute approximate surface area is 113 Å². The van der Waals surface area contributed by atoms with E-state index in [1.165, 1.54) is 11.2 Å². The quantitative estimate of drug-likeness (QED) is 0.877. The maximum absolute atomic E-state index is 8.19. The standard InChI is InChI=1S/C14H18N2.BrH/c1-4-12-10(3)14(15)11-8-6-7-9-13(11)16(12)5-2;/h6-9,15H,4-5H2,1-3H3;1H. The van der Waals surface area contributed by atoms with Crippen molar-refractivity contribution in [2.24, 2.45) is 0 Å². The molecule has 0 unspecified atom stereocenters. The third-order valence-electron chi connectivity index (χ3n) is 3.25. The second-order valence-electron chi connectivity index (χ2n) is 4.06. The van der Waals surface area contributed by atoms with Crippen LogP contribution in [0.3, 0.4) is 0 Å². The molecular weight excluding hydrogens is 276 g/mol. The second-order valence-corrected chi connectivity index (χ2v) is 4.06. The van der Waals surface area contributed by atoms with Crippen LogP contribution in [0, 0.1) is 12.3 Å². The number of rotatable bonds is 2. The number of nitrogens with zero attached hydrogens (tertiary/aromatic N) is 1. The van der Waals surface area contributed by atoms with Gasteiger partial charge >= 0.3 is 0 Å². The molecule has 0 aliphatic heterocycles. The first kappa shape index (κ1) is 14.0. The second kappa shape index (κ2) is 5.50. The molecule has 0 saturated heterocycles. The van der Waals surface area contributed by atoms with Crippen molar-refractivity contribution < 1.29 is 0 Å². The Balaban J connectivity index is 0.00000144. The number of aromatic nitrogens is 1. The molecule has 1 heterocycles. The Morgan fingerprint density at radius 1 is 1.18 bits per heavy atom. The van der Waals surface area contributed by atoms with Gasteiger partial charge in [-0.2, -0.15) is 0 Å². The Kier molecular flexibility index (Phi) is 4.52. The van der Waals surface area contributed by atoms with Crippen molar-refractivity contribution in [1.82, 2.24) is 4.57 Å². The van der Waals surface area contributed by atoms with Gasteiger partial charge in [0.15, 0.2) is 0 Å². The van der Waals surface area contributed by atoms with Crippen LogP contribution in [0.1, 0.15) is 25.1 Å². The molecule has 2 aromatic rings. The summed E-state index contributed by atoms with van der Waals surface area (Å²) in [4.78, 5) is 0. The molecule has 1 N–H and O–H groups in total. The zero-order valence-electron chi connectivity index (χ0n) is 10.6. The van der Waals surface area contributed by atoms with E-state index in [1.807, 2.05) is 18.2 Å². The first-order valence-electron chi connectivity index (χ1n) is 5.86. The van der Waals surface area contributed by atoms with Gasteiger partial charge in [0.25, 0.3) is 0 Å². The average molecular weight is 295 g/mol. The van der Waals surface area contributed by atoms with Crippen molar-refractivity contribution in [2.75, 3.05) is 0 Å². The van der Waals surface area contributed by atoms with Crippen LogP contribution in [-0.2, 0) is 13.0 Å². The topological polar surface area (TPSA) is 28.8 Å². The van der Waals surface area contributed by atoms with Crippen molar-refractivity contribution in [3.05, 3.63) is 40.9 Å². The van der Waals surface area contributed by atoms with Crippen molar-refractivity contribution in [2.45, 2.75) is 33.7 Å². The summed E-state index contributed by atoms with van der Waals surface area (Å²) >= 11 is 0. The van der Waals surface area contributed by atoms with Crippen molar-refractivity contribution in [3.8, 4) is 0 Å². The molecule has 0 radical (unpaired) electrons. The number of benzene rings is 1. The van der Waals surface area contributed by atoms with E-state index >= 15 is 0 Å². The highest BCUT2D eigenvalue weighted by Crippen LogP contribution is 2.16. The lowest BCUT2D eigenvalue weighted by Gasteiger charge is -2.17. The van der Waals surface area contributed by atoms with Crippen molar-refractivity contribution in [3.63, 3.8) is 0 Å². The molecule has 0 fully saturated rings. The van der Waals surface area contributed by atoms with Gasteiger partial charge in [0.05, 0.1) is 10.9 Å². The molecule has 0 aliphatic carbocycles. The van der Waals surface area contributed by atoms with Gasteiger partial charge in [-0.25, -0.2) is 0 Å². The molecule has 0 aliphatic rings. The van der Waals surface area contributed by atoms with Crippen LogP contribution < -0.4 is 5.36 Å². The Bertz CT molecular complexity index is 585. The van der Waals surface area contributed by atoms with Crippen LogP contribution >= 0.6 is 17.0 Å². The van der Waals surface area contributed by atoms with Gasteiger partial charge in [-0.3, -0.25) is 5.41 Å². The van der Waals surface area contributed by atoms with E-state index in [9.17, 15) is 0 Å². The number of halogens is 1. The summed E-state index contributed by atoms with van der Waals surface area (Å²) in [6.45, 7) is 7.34. The summed E-state index contributed by atoms with van der Waals surface area (Å²) in [5.41, 5.74) is 3.58. The molecule has 1 aromatic carbocycles. The van der Waals surface area contributed by atoms with Gasteiger partial charge in [0, 0.05) is 17.6 Å². The monoisotopic (exact) mass is 294 g/mol. The molecule has 0 atom stereocenters. The van der Waals surface area contributed by atoms with Crippen LogP contribution in [0.4, 0.5) is 0 Å². The van der Waals surface area contributed by atoms with E-state index in [1.54, 1.807) is 0 Å². The van der Waals surface area contributed by atoms with Gasteiger partial charge in [0.2, 0.25) is 0 Å². The summed E-state index contributed by atoms with van der Waals surface area (Å²) in [5.74, 6) is 0. The summed E-state index contributed by atoms with van der Waals surface area (Å²) in [6, 6.07) is 8.19. The van der Waals surface area contributed by atoms with Gasteiger partial charge in [0.1, 0.15) is 0 Å². The number of hydrogen-bond acceptors (Lipinski definition) is 1. The molecule has 0 amide bonds. The van der Waals surface area contributed by atoms with E-state index in [0.717, 1.165) is 23.9 Å². The predicted octanol–water partition coefficient (Wildman–Crippen LogP) is 3.59. The van der Waals surface area contributed by atoms with Gasteiger partial charge in [-0.15, -0.1) is 17.0 Å². The van der Waals surface area contributed by atoms with Gasteiger partial charge in [-0.1, -0.05) is 25.1 Å².